The maximum atomic E-state index is 6.46. The molecule has 4 rings (SSSR count). The fourth-order valence-corrected chi connectivity index (χ4v) is 3.63. The zero-order chi connectivity index (χ0) is 12.3. The quantitative estimate of drug-likeness (QED) is 0.428. The van der Waals surface area contributed by atoms with Crippen LogP contribution in [0.25, 0.3) is 32.2 Å². The molecule has 0 aliphatic rings. The summed E-state index contributed by atoms with van der Waals surface area (Å²) in [6.07, 6.45) is 0. The highest BCUT2D eigenvalue weighted by atomic mass is 35.5. The summed E-state index contributed by atoms with van der Waals surface area (Å²) in [4.78, 5) is 4.23. The van der Waals surface area contributed by atoms with Crippen molar-refractivity contribution in [3.05, 3.63) is 39.8 Å². The number of rotatable bonds is 0. The normalized spacial score (nSPS) is 11.9. The van der Waals surface area contributed by atoms with Gasteiger partial charge in [-0.1, -0.05) is 41.4 Å². The molecule has 0 N–H and O–H groups in total. The molecule has 2 aromatic heterocycles. The summed E-state index contributed by atoms with van der Waals surface area (Å²) >= 11 is 13.8. The molecule has 18 heavy (non-hydrogen) atoms. The monoisotopic (exact) mass is 293 g/mol. The fraction of sp³-hybridized carbons (Fsp3) is 0. The van der Waals surface area contributed by atoms with Gasteiger partial charge in [0.25, 0.3) is 0 Å². The van der Waals surface area contributed by atoms with E-state index < -0.39 is 0 Å². The number of halogens is 2. The van der Waals surface area contributed by atoms with Gasteiger partial charge >= 0.3 is 0 Å². The van der Waals surface area contributed by atoms with Crippen LogP contribution in [0.4, 0.5) is 0 Å². The second-order valence-corrected chi connectivity index (χ2v) is 5.94. The van der Waals surface area contributed by atoms with E-state index >= 15 is 0 Å². The average molecular weight is 294 g/mol. The molecular formula is C13H5Cl2NOS. The summed E-state index contributed by atoms with van der Waals surface area (Å²) in [5.41, 5.74) is 2.36. The largest absolute Gasteiger partial charge is 0.456 e. The van der Waals surface area contributed by atoms with E-state index in [9.17, 15) is 0 Å². The number of hydrogen-bond acceptors (Lipinski definition) is 3. The number of aromatic nitrogens is 1. The van der Waals surface area contributed by atoms with E-state index in [1.807, 2.05) is 30.3 Å². The molecule has 0 saturated carbocycles. The molecule has 0 amide bonds. The molecule has 0 aliphatic heterocycles. The summed E-state index contributed by atoms with van der Waals surface area (Å²) < 4.78 is 7.18. The van der Waals surface area contributed by atoms with Gasteiger partial charge in [0.1, 0.15) is 11.2 Å². The predicted molar refractivity (Wildman–Crippen MR) is 76.9 cm³/mol. The lowest BCUT2D eigenvalue weighted by molar-refractivity contribution is 0.669. The Morgan fingerprint density at radius 2 is 1.94 bits per heavy atom. The Hall–Kier alpha value is -1.29. The van der Waals surface area contributed by atoms with Crippen molar-refractivity contribution < 1.29 is 4.42 Å². The van der Waals surface area contributed by atoms with Gasteiger partial charge in [-0.05, 0) is 6.07 Å². The molecule has 0 spiro atoms. The van der Waals surface area contributed by atoms with Crippen LogP contribution in [-0.4, -0.2) is 4.98 Å². The molecule has 0 atom stereocenters. The van der Waals surface area contributed by atoms with Gasteiger partial charge in [0.05, 0.1) is 15.2 Å². The van der Waals surface area contributed by atoms with Crippen LogP contribution in [0.1, 0.15) is 0 Å². The third-order valence-corrected chi connectivity index (χ3v) is 4.62. The number of furan rings is 1. The van der Waals surface area contributed by atoms with Gasteiger partial charge in [0.15, 0.2) is 4.47 Å². The van der Waals surface area contributed by atoms with Crippen molar-refractivity contribution in [1.82, 2.24) is 4.98 Å². The Labute approximate surface area is 116 Å². The summed E-state index contributed by atoms with van der Waals surface area (Å²) in [5, 5.41) is 2.61. The van der Waals surface area contributed by atoms with Gasteiger partial charge in [0.2, 0.25) is 0 Å². The van der Waals surface area contributed by atoms with Crippen molar-refractivity contribution in [3.8, 4) is 0 Å². The highest BCUT2D eigenvalue weighted by molar-refractivity contribution is 7.22. The standard InChI is InChI=1S/C13H5Cl2NOS/c14-11-10-6-3-1-2-4-8(6)17-9(10)5-7-12(11)18-13(15)16-7/h1-5H. The van der Waals surface area contributed by atoms with Crippen LogP contribution in [0.2, 0.25) is 9.49 Å². The van der Waals surface area contributed by atoms with Gasteiger partial charge in [0, 0.05) is 16.8 Å². The number of hydrogen-bond donors (Lipinski definition) is 0. The maximum absolute atomic E-state index is 6.46. The molecule has 88 valence electrons. The third-order valence-electron chi connectivity index (χ3n) is 2.94. The van der Waals surface area contributed by atoms with E-state index in [-0.39, 0.29) is 0 Å². The fourth-order valence-electron chi connectivity index (χ4n) is 2.19. The minimum atomic E-state index is 0.490. The van der Waals surface area contributed by atoms with Crippen molar-refractivity contribution >= 4 is 66.7 Å². The van der Waals surface area contributed by atoms with Crippen molar-refractivity contribution in [2.24, 2.45) is 0 Å². The first kappa shape index (κ1) is 10.6. The molecule has 5 heteroatoms. The maximum Gasteiger partial charge on any atom is 0.184 e. The zero-order valence-corrected chi connectivity index (χ0v) is 11.2. The van der Waals surface area contributed by atoms with Crippen LogP contribution in [-0.2, 0) is 0 Å². The second-order valence-electron chi connectivity index (χ2n) is 3.98. The molecule has 2 heterocycles. The van der Waals surface area contributed by atoms with E-state index in [2.05, 4.69) is 4.98 Å². The molecule has 4 aromatic rings. The predicted octanol–water partition coefficient (Wildman–Crippen LogP) is 5.50. The SMILES string of the molecule is Clc1nc2cc3oc4ccccc4c3c(Cl)c2s1. The zero-order valence-electron chi connectivity index (χ0n) is 8.91. The summed E-state index contributed by atoms with van der Waals surface area (Å²) in [5.74, 6) is 0. The highest BCUT2D eigenvalue weighted by Gasteiger charge is 2.15. The van der Waals surface area contributed by atoms with E-state index in [0.717, 1.165) is 32.2 Å². The van der Waals surface area contributed by atoms with Crippen molar-refractivity contribution in [2.75, 3.05) is 0 Å². The molecule has 2 nitrogen and oxygen atoms in total. The number of para-hydroxylation sites is 1. The molecule has 0 aliphatic carbocycles. The van der Waals surface area contributed by atoms with Gasteiger partial charge < -0.3 is 4.42 Å². The summed E-state index contributed by atoms with van der Waals surface area (Å²) in [6, 6.07) is 9.73. The first-order valence-corrected chi connectivity index (χ1v) is 6.87. The topological polar surface area (TPSA) is 26.0 Å². The Morgan fingerprint density at radius 1 is 1.11 bits per heavy atom. The smallest absolute Gasteiger partial charge is 0.184 e. The van der Waals surface area contributed by atoms with Crippen molar-refractivity contribution in [1.29, 1.82) is 0 Å². The van der Waals surface area contributed by atoms with E-state index in [0.29, 0.717) is 9.49 Å². The van der Waals surface area contributed by atoms with E-state index in [1.165, 1.54) is 11.3 Å². The molecule has 0 bridgehead atoms. The van der Waals surface area contributed by atoms with Crippen molar-refractivity contribution in [2.45, 2.75) is 0 Å². The van der Waals surface area contributed by atoms with Crippen LogP contribution >= 0.6 is 34.5 Å². The van der Waals surface area contributed by atoms with Gasteiger partial charge in [-0.2, -0.15) is 0 Å². The molecule has 2 aromatic carbocycles. The molecule has 0 fully saturated rings. The second kappa shape index (κ2) is 3.60. The van der Waals surface area contributed by atoms with E-state index in [4.69, 9.17) is 27.6 Å². The first-order chi connectivity index (χ1) is 8.74. The van der Waals surface area contributed by atoms with Gasteiger partial charge in [-0.3, -0.25) is 0 Å². The summed E-state index contributed by atoms with van der Waals surface area (Å²) in [6.45, 7) is 0. The molecule has 0 unspecified atom stereocenters. The van der Waals surface area contributed by atoms with Crippen LogP contribution < -0.4 is 0 Å². The van der Waals surface area contributed by atoms with Crippen LogP contribution in [0.15, 0.2) is 34.7 Å². The van der Waals surface area contributed by atoms with Crippen LogP contribution in [0, 0.1) is 0 Å². The molecule has 0 saturated heterocycles. The lowest BCUT2D eigenvalue weighted by atomic mass is 10.1. The Morgan fingerprint density at radius 3 is 2.83 bits per heavy atom. The molecular weight excluding hydrogens is 289 g/mol. The number of thiazole rings is 1. The Balaban J connectivity index is 2.32. The third kappa shape index (κ3) is 1.32. The van der Waals surface area contributed by atoms with Crippen LogP contribution in [0.5, 0.6) is 0 Å². The number of fused-ring (bicyclic) bond motifs is 4. The lowest BCUT2D eigenvalue weighted by Gasteiger charge is -1.95. The minimum Gasteiger partial charge on any atom is -0.456 e. The number of benzene rings is 2. The average Bonchev–Trinajstić information content (AvgIpc) is 2.89. The Bertz CT molecular complexity index is 909. The number of nitrogens with zero attached hydrogens (tertiary/aromatic N) is 1. The highest BCUT2D eigenvalue weighted by Crippen LogP contribution is 2.41. The van der Waals surface area contributed by atoms with Gasteiger partial charge in [-0.15, -0.1) is 11.3 Å². The van der Waals surface area contributed by atoms with E-state index in [1.54, 1.807) is 0 Å². The minimum absolute atomic E-state index is 0.490. The van der Waals surface area contributed by atoms with Crippen LogP contribution in [0.3, 0.4) is 0 Å². The summed E-state index contributed by atoms with van der Waals surface area (Å²) in [7, 11) is 0. The Kier molecular flexibility index (Phi) is 2.13. The van der Waals surface area contributed by atoms with Crippen molar-refractivity contribution in [3.63, 3.8) is 0 Å². The first-order valence-electron chi connectivity index (χ1n) is 5.30. The lowest BCUT2D eigenvalue weighted by Crippen LogP contribution is -1.72. The van der Waals surface area contributed by atoms with Gasteiger partial charge in [-0.25, -0.2) is 4.98 Å². The molecule has 0 radical (unpaired) electrons.